The summed E-state index contributed by atoms with van der Waals surface area (Å²) in [4.78, 5) is 21.7. The number of hydrogen-bond donors (Lipinski definition) is 1. The van der Waals surface area contributed by atoms with Crippen molar-refractivity contribution in [2.75, 3.05) is 32.7 Å². The molecule has 3 aromatic rings. The molecule has 174 valence electrons. The lowest BCUT2D eigenvalue weighted by Gasteiger charge is -2.40. The molecule has 2 aliphatic heterocycles. The minimum Gasteiger partial charge on any atom is -0.325 e. The fourth-order valence-electron chi connectivity index (χ4n) is 5.22. The van der Waals surface area contributed by atoms with E-state index in [1.54, 1.807) is 0 Å². The Kier molecular flexibility index (Phi) is 6.30. The monoisotopic (exact) mass is 465 g/mol. The number of aromatic nitrogens is 2. The third-order valence-corrected chi connectivity index (χ3v) is 7.48. The van der Waals surface area contributed by atoms with Gasteiger partial charge in [0.2, 0.25) is 0 Å². The van der Waals surface area contributed by atoms with Crippen LogP contribution in [0.4, 0.5) is 4.79 Å². The number of carbonyl (C=O) groups excluding carboxylic acids is 1. The van der Waals surface area contributed by atoms with Crippen LogP contribution in [-0.4, -0.2) is 64.1 Å². The number of hydrogen-bond acceptors (Lipinski definition) is 3. The van der Waals surface area contributed by atoms with Gasteiger partial charge in [-0.15, -0.1) is 0 Å². The summed E-state index contributed by atoms with van der Waals surface area (Å²) in [5.41, 5.74) is 3.53. The molecule has 1 N–H and O–H groups in total. The minimum atomic E-state index is 0.202. The van der Waals surface area contributed by atoms with Crippen molar-refractivity contribution in [3.05, 3.63) is 59.5 Å². The molecular formula is C26H32ClN5O. The Morgan fingerprint density at radius 2 is 1.85 bits per heavy atom. The summed E-state index contributed by atoms with van der Waals surface area (Å²) in [6, 6.07) is 10.6. The van der Waals surface area contributed by atoms with Crippen LogP contribution in [0.2, 0.25) is 5.02 Å². The van der Waals surface area contributed by atoms with Gasteiger partial charge in [-0.05, 0) is 60.6 Å². The number of rotatable bonds is 3. The summed E-state index contributed by atoms with van der Waals surface area (Å²) in [7, 11) is 0. The Morgan fingerprint density at radius 1 is 1.09 bits per heavy atom. The molecule has 0 aliphatic carbocycles. The third-order valence-electron chi connectivity index (χ3n) is 7.23. The fourth-order valence-corrected chi connectivity index (χ4v) is 5.35. The Balaban J connectivity index is 1.32. The van der Waals surface area contributed by atoms with E-state index >= 15 is 0 Å². The van der Waals surface area contributed by atoms with E-state index in [0.717, 1.165) is 61.8 Å². The first-order valence-corrected chi connectivity index (χ1v) is 12.4. The van der Waals surface area contributed by atoms with Crippen LogP contribution in [0.25, 0.3) is 16.6 Å². The van der Waals surface area contributed by atoms with Gasteiger partial charge in [-0.1, -0.05) is 25.4 Å². The van der Waals surface area contributed by atoms with E-state index in [1.807, 2.05) is 41.6 Å². The second kappa shape index (κ2) is 9.35. The summed E-state index contributed by atoms with van der Waals surface area (Å²) in [6.45, 7) is 8.52. The molecule has 2 amide bonds. The lowest BCUT2D eigenvalue weighted by atomic mass is 9.89. The lowest BCUT2D eigenvalue weighted by molar-refractivity contribution is 0.120. The first-order valence-electron chi connectivity index (χ1n) is 12.0. The van der Waals surface area contributed by atoms with E-state index in [2.05, 4.69) is 45.9 Å². The van der Waals surface area contributed by atoms with Gasteiger partial charge in [0, 0.05) is 67.3 Å². The van der Waals surface area contributed by atoms with Gasteiger partial charge in [0.15, 0.2) is 0 Å². The zero-order chi connectivity index (χ0) is 22.9. The smallest absolute Gasteiger partial charge is 0.320 e. The average molecular weight is 466 g/mol. The number of piperidine rings is 1. The van der Waals surface area contributed by atoms with E-state index in [1.165, 1.54) is 10.9 Å². The summed E-state index contributed by atoms with van der Waals surface area (Å²) >= 11 is 6.10. The quantitative estimate of drug-likeness (QED) is 0.598. The largest absolute Gasteiger partial charge is 0.325 e. The van der Waals surface area contributed by atoms with Gasteiger partial charge in [0.25, 0.3) is 0 Å². The molecule has 0 saturated carbocycles. The predicted octanol–water partition coefficient (Wildman–Crippen LogP) is 4.91. The molecule has 6 nitrogen and oxygen atoms in total. The molecular weight excluding hydrogens is 434 g/mol. The zero-order valence-corrected chi connectivity index (χ0v) is 20.1. The molecule has 4 heterocycles. The van der Waals surface area contributed by atoms with Crippen molar-refractivity contribution in [1.29, 1.82) is 0 Å². The molecule has 2 fully saturated rings. The molecule has 0 radical (unpaired) electrons. The van der Waals surface area contributed by atoms with Crippen molar-refractivity contribution in [3.63, 3.8) is 0 Å². The normalized spacial score (nSPS) is 20.1. The highest BCUT2D eigenvalue weighted by atomic mass is 35.5. The van der Waals surface area contributed by atoms with Crippen molar-refractivity contribution in [1.82, 2.24) is 24.7 Å². The topological polar surface area (TPSA) is 53.4 Å². The molecule has 7 heteroatoms. The molecule has 1 aromatic carbocycles. The molecule has 2 aromatic heterocycles. The van der Waals surface area contributed by atoms with Gasteiger partial charge < -0.3 is 19.7 Å². The van der Waals surface area contributed by atoms with Crippen molar-refractivity contribution < 1.29 is 4.79 Å². The van der Waals surface area contributed by atoms with Crippen molar-refractivity contribution in [3.8, 4) is 5.69 Å². The summed E-state index contributed by atoms with van der Waals surface area (Å²) in [6.07, 6.45) is 8.01. The Bertz CT molecular complexity index is 1120. The summed E-state index contributed by atoms with van der Waals surface area (Å²) in [5, 5.41) is 5.52. The number of pyridine rings is 1. The number of fused-ring (bicyclic) bond motifs is 1. The molecule has 1 atom stereocenters. The van der Waals surface area contributed by atoms with Crippen LogP contribution in [-0.2, 0) is 0 Å². The van der Waals surface area contributed by atoms with Crippen molar-refractivity contribution >= 4 is 28.5 Å². The predicted molar refractivity (Wildman–Crippen MR) is 133 cm³/mol. The Labute approximate surface area is 200 Å². The molecule has 2 saturated heterocycles. The van der Waals surface area contributed by atoms with Crippen molar-refractivity contribution in [2.24, 2.45) is 5.92 Å². The fraction of sp³-hybridized carbons (Fsp3) is 0.462. The highest BCUT2D eigenvalue weighted by Gasteiger charge is 2.31. The molecule has 33 heavy (non-hydrogen) atoms. The maximum absolute atomic E-state index is 13.2. The Morgan fingerprint density at radius 3 is 2.58 bits per heavy atom. The van der Waals surface area contributed by atoms with Crippen LogP contribution in [0, 0.1) is 5.92 Å². The maximum atomic E-state index is 13.2. The number of likely N-dealkylation sites (tertiary alicyclic amines) is 1. The maximum Gasteiger partial charge on any atom is 0.320 e. The minimum absolute atomic E-state index is 0.202. The molecule has 2 aliphatic rings. The SMILES string of the molecule is CC(C)C1CN(C(=O)N2CCC(c3cn(-c4ccc(Cl)cc4)c4cnccc34)CC2)CCN1. The van der Waals surface area contributed by atoms with Crippen LogP contribution in [0.5, 0.6) is 0 Å². The number of carbonyl (C=O) groups is 1. The molecule has 5 rings (SSSR count). The number of nitrogens with one attached hydrogen (secondary N) is 1. The van der Waals surface area contributed by atoms with Gasteiger partial charge in [-0.3, -0.25) is 4.98 Å². The van der Waals surface area contributed by atoms with E-state index < -0.39 is 0 Å². The van der Waals surface area contributed by atoms with Gasteiger partial charge >= 0.3 is 6.03 Å². The highest BCUT2D eigenvalue weighted by Crippen LogP contribution is 2.36. The van der Waals surface area contributed by atoms with E-state index in [0.29, 0.717) is 17.9 Å². The van der Waals surface area contributed by atoms with Gasteiger partial charge in [-0.25, -0.2) is 4.79 Å². The van der Waals surface area contributed by atoms with Crippen LogP contribution in [0.3, 0.4) is 0 Å². The van der Waals surface area contributed by atoms with Gasteiger partial charge in [-0.2, -0.15) is 0 Å². The van der Waals surface area contributed by atoms with Crippen LogP contribution < -0.4 is 5.32 Å². The number of benzene rings is 1. The van der Waals surface area contributed by atoms with E-state index in [4.69, 9.17) is 11.6 Å². The number of urea groups is 1. The Hall–Kier alpha value is -2.57. The average Bonchev–Trinajstić information content (AvgIpc) is 3.24. The number of nitrogens with zero attached hydrogens (tertiary/aromatic N) is 4. The lowest BCUT2D eigenvalue weighted by Crippen LogP contribution is -2.58. The second-order valence-electron chi connectivity index (χ2n) is 9.62. The van der Waals surface area contributed by atoms with E-state index in [9.17, 15) is 4.79 Å². The third kappa shape index (κ3) is 4.46. The first-order chi connectivity index (χ1) is 16.0. The standard InChI is InChI=1S/C26H32ClN5O/c1-18(2)24-17-31(14-11-29-24)26(33)30-12-8-19(9-13-30)23-16-32(21-5-3-20(27)4-6-21)25-15-28-10-7-22(23)25/h3-7,10,15-16,18-19,24,29H,8-9,11-14,17H2,1-2H3. The molecule has 0 spiro atoms. The second-order valence-corrected chi connectivity index (χ2v) is 10.1. The molecule has 1 unspecified atom stereocenters. The van der Waals surface area contributed by atoms with Gasteiger partial charge in [0.05, 0.1) is 11.7 Å². The summed E-state index contributed by atoms with van der Waals surface area (Å²) < 4.78 is 2.21. The number of piperazine rings is 1. The van der Waals surface area contributed by atoms with Crippen molar-refractivity contribution in [2.45, 2.75) is 38.6 Å². The van der Waals surface area contributed by atoms with E-state index in [-0.39, 0.29) is 6.03 Å². The summed E-state index contributed by atoms with van der Waals surface area (Å²) in [5.74, 6) is 0.956. The highest BCUT2D eigenvalue weighted by molar-refractivity contribution is 6.30. The number of amides is 2. The number of halogens is 1. The first kappa shape index (κ1) is 22.2. The van der Waals surface area contributed by atoms with Crippen LogP contribution in [0.15, 0.2) is 48.9 Å². The van der Waals surface area contributed by atoms with Gasteiger partial charge in [0.1, 0.15) is 0 Å². The van der Waals surface area contributed by atoms with Crippen LogP contribution in [0.1, 0.15) is 38.2 Å². The molecule has 0 bridgehead atoms. The zero-order valence-electron chi connectivity index (χ0n) is 19.4. The van der Waals surface area contributed by atoms with Crippen LogP contribution >= 0.6 is 11.6 Å².